The zero-order chi connectivity index (χ0) is 49.2. The molecule has 0 amide bonds. The lowest BCUT2D eigenvalue weighted by molar-refractivity contribution is -0.305. The summed E-state index contributed by atoms with van der Waals surface area (Å²) in [6.45, 7) is 4.57. The minimum atomic E-state index is -1.54. The van der Waals surface area contributed by atoms with Gasteiger partial charge in [0.05, 0.1) is 19.8 Å². The predicted molar refractivity (Wildman–Crippen MR) is 284 cm³/mol. The van der Waals surface area contributed by atoms with Crippen LogP contribution in [0.3, 0.4) is 0 Å². The van der Waals surface area contributed by atoms with Gasteiger partial charge in [-0.15, -0.1) is 0 Å². The first-order chi connectivity index (χ1) is 33.4. The molecule has 9 heteroatoms. The Labute approximate surface area is 418 Å². The van der Waals surface area contributed by atoms with E-state index >= 15 is 0 Å². The molecule has 0 spiro atoms. The standard InChI is InChI=1S/C59H108O9/c1-3-5-7-9-11-13-15-17-19-21-23-25-27-28-30-32-34-36-38-40-42-44-46-48-55(61)67-53(52-66-59-58(64)57(63)56(62)54(50-60)68-59)51-65-49-47-45-43-41-39-37-35-33-31-29-26-24-22-20-18-16-14-12-10-8-6-4-2/h15,17,21-24,27-28,53-54,56-60,62-64H,3-14,16,18-20,25-26,29-52H2,1-2H3/b17-15-,23-21-,24-22-,28-27-. The van der Waals surface area contributed by atoms with Gasteiger partial charge in [0.15, 0.2) is 6.29 Å². The molecule has 0 radical (unpaired) electrons. The maximum Gasteiger partial charge on any atom is 0.306 e. The van der Waals surface area contributed by atoms with Gasteiger partial charge in [-0.1, -0.05) is 223 Å². The summed E-state index contributed by atoms with van der Waals surface area (Å²) in [4.78, 5) is 12.9. The summed E-state index contributed by atoms with van der Waals surface area (Å²) in [6.07, 6.45) is 57.2. The Morgan fingerprint density at radius 2 is 0.853 bits per heavy atom. The molecular weight excluding hydrogens is 853 g/mol. The van der Waals surface area contributed by atoms with Crippen LogP contribution in [0.15, 0.2) is 48.6 Å². The molecule has 1 fully saturated rings. The molecule has 0 bridgehead atoms. The fraction of sp³-hybridized carbons (Fsp3) is 0.847. The Kier molecular flexibility index (Phi) is 47.3. The van der Waals surface area contributed by atoms with Crippen molar-refractivity contribution in [2.75, 3.05) is 26.4 Å². The van der Waals surface area contributed by atoms with E-state index in [0.717, 1.165) is 51.4 Å². The number of hydrogen-bond acceptors (Lipinski definition) is 9. The highest BCUT2D eigenvalue weighted by molar-refractivity contribution is 5.69. The summed E-state index contributed by atoms with van der Waals surface area (Å²) in [5.74, 6) is -0.318. The summed E-state index contributed by atoms with van der Waals surface area (Å²) in [7, 11) is 0. The number of aliphatic hydroxyl groups excluding tert-OH is 4. The smallest absolute Gasteiger partial charge is 0.306 e. The first-order valence-corrected chi connectivity index (χ1v) is 28.7. The van der Waals surface area contributed by atoms with Crippen LogP contribution in [0.5, 0.6) is 0 Å². The highest BCUT2D eigenvalue weighted by atomic mass is 16.7. The van der Waals surface area contributed by atoms with Crippen LogP contribution in [0.25, 0.3) is 0 Å². The second-order valence-electron chi connectivity index (χ2n) is 19.7. The molecule has 1 heterocycles. The first kappa shape index (κ1) is 64.2. The number of ether oxygens (including phenoxy) is 4. The summed E-state index contributed by atoms with van der Waals surface area (Å²) in [6, 6.07) is 0. The molecule has 0 aromatic rings. The molecule has 4 N–H and O–H groups in total. The van der Waals surface area contributed by atoms with Crippen LogP contribution in [-0.4, -0.2) is 89.6 Å². The quantitative estimate of drug-likeness (QED) is 0.0267. The predicted octanol–water partition coefficient (Wildman–Crippen LogP) is 14.8. The van der Waals surface area contributed by atoms with Crippen LogP contribution >= 0.6 is 0 Å². The minimum Gasteiger partial charge on any atom is -0.457 e. The van der Waals surface area contributed by atoms with Crippen LogP contribution in [0, 0.1) is 0 Å². The molecule has 68 heavy (non-hydrogen) atoms. The van der Waals surface area contributed by atoms with Gasteiger partial charge in [-0.2, -0.15) is 0 Å². The summed E-state index contributed by atoms with van der Waals surface area (Å²) < 4.78 is 23.0. The second-order valence-corrected chi connectivity index (χ2v) is 19.7. The average molecular weight is 962 g/mol. The van der Waals surface area contributed by atoms with E-state index in [9.17, 15) is 25.2 Å². The van der Waals surface area contributed by atoms with Gasteiger partial charge in [-0.25, -0.2) is 0 Å². The molecule has 6 unspecified atom stereocenters. The van der Waals surface area contributed by atoms with E-state index in [0.29, 0.717) is 13.0 Å². The Hall–Kier alpha value is -1.85. The van der Waals surface area contributed by atoms with E-state index in [2.05, 4.69) is 62.5 Å². The summed E-state index contributed by atoms with van der Waals surface area (Å²) in [5.41, 5.74) is 0. The molecule has 6 atom stereocenters. The average Bonchev–Trinajstić information content (AvgIpc) is 3.34. The van der Waals surface area contributed by atoms with Gasteiger partial charge in [0, 0.05) is 13.0 Å². The fourth-order valence-corrected chi connectivity index (χ4v) is 8.73. The van der Waals surface area contributed by atoms with Crippen LogP contribution in [-0.2, 0) is 23.7 Å². The number of rotatable bonds is 50. The van der Waals surface area contributed by atoms with Gasteiger partial charge in [0.1, 0.15) is 30.5 Å². The van der Waals surface area contributed by atoms with E-state index < -0.39 is 43.4 Å². The van der Waals surface area contributed by atoms with Crippen LogP contribution in [0.4, 0.5) is 0 Å². The molecule has 1 aliphatic rings. The molecule has 1 aliphatic heterocycles. The lowest BCUT2D eigenvalue weighted by Gasteiger charge is -2.39. The van der Waals surface area contributed by atoms with Crippen molar-refractivity contribution in [3.8, 4) is 0 Å². The van der Waals surface area contributed by atoms with Gasteiger partial charge in [0.2, 0.25) is 0 Å². The molecular formula is C59H108O9. The molecule has 9 nitrogen and oxygen atoms in total. The van der Waals surface area contributed by atoms with Gasteiger partial charge < -0.3 is 39.4 Å². The van der Waals surface area contributed by atoms with Crippen LogP contribution in [0.2, 0.25) is 0 Å². The maximum atomic E-state index is 12.9. The second kappa shape index (κ2) is 50.1. The maximum absolute atomic E-state index is 12.9. The molecule has 0 aliphatic carbocycles. The first-order valence-electron chi connectivity index (χ1n) is 28.7. The van der Waals surface area contributed by atoms with E-state index in [-0.39, 0.29) is 19.2 Å². The molecule has 1 rings (SSSR count). The van der Waals surface area contributed by atoms with E-state index in [1.165, 1.54) is 186 Å². The van der Waals surface area contributed by atoms with E-state index in [1.807, 2.05) is 0 Å². The van der Waals surface area contributed by atoms with E-state index in [1.54, 1.807) is 0 Å². The van der Waals surface area contributed by atoms with Crippen molar-refractivity contribution < 1.29 is 44.2 Å². The number of hydrogen-bond donors (Lipinski definition) is 4. The Balaban J connectivity index is 2.17. The fourth-order valence-electron chi connectivity index (χ4n) is 8.73. The number of unbranched alkanes of at least 4 members (excludes halogenated alkanes) is 31. The number of carbonyl (C=O) groups excluding carboxylic acids is 1. The lowest BCUT2D eigenvalue weighted by atomic mass is 9.99. The Morgan fingerprint density at radius 1 is 0.471 bits per heavy atom. The number of esters is 1. The summed E-state index contributed by atoms with van der Waals surface area (Å²) >= 11 is 0. The Morgan fingerprint density at radius 3 is 1.29 bits per heavy atom. The van der Waals surface area contributed by atoms with Crippen LogP contribution < -0.4 is 0 Å². The zero-order valence-corrected chi connectivity index (χ0v) is 44.1. The molecule has 0 aromatic heterocycles. The lowest BCUT2D eigenvalue weighted by Crippen LogP contribution is -2.59. The molecule has 1 saturated heterocycles. The highest BCUT2D eigenvalue weighted by Crippen LogP contribution is 2.23. The molecule has 0 aromatic carbocycles. The van der Waals surface area contributed by atoms with Gasteiger partial charge in [-0.3, -0.25) is 4.79 Å². The van der Waals surface area contributed by atoms with E-state index in [4.69, 9.17) is 18.9 Å². The highest BCUT2D eigenvalue weighted by Gasteiger charge is 2.44. The number of aliphatic hydroxyl groups is 4. The number of allylic oxidation sites excluding steroid dienone is 8. The van der Waals surface area contributed by atoms with Crippen molar-refractivity contribution in [1.82, 2.24) is 0 Å². The van der Waals surface area contributed by atoms with Gasteiger partial charge in [-0.05, 0) is 77.0 Å². The van der Waals surface area contributed by atoms with Crippen molar-refractivity contribution in [3.63, 3.8) is 0 Å². The third-order valence-electron chi connectivity index (χ3n) is 13.2. The zero-order valence-electron chi connectivity index (χ0n) is 44.1. The Bertz CT molecular complexity index is 1180. The van der Waals surface area contributed by atoms with Crippen LogP contribution in [0.1, 0.15) is 258 Å². The molecule has 398 valence electrons. The van der Waals surface area contributed by atoms with Crippen molar-refractivity contribution in [1.29, 1.82) is 0 Å². The van der Waals surface area contributed by atoms with Gasteiger partial charge in [0.25, 0.3) is 0 Å². The molecule has 0 saturated carbocycles. The third-order valence-corrected chi connectivity index (χ3v) is 13.2. The van der Waals surface area contributed by atoms with Gasteiger partial charge >= 0.3 is 5.97 Å². The van der Waals surface area contributed by atoms with Crippen molar-refractivity contribution in [2.24, 2.45) is 0 Å². The van der Waals surface area contributed by atoms with Crippen molar-refractivity contribution >= 4 is 5.97 Å². The normalized spacial score (nSPS) is 19.4. The van der Waals surface area contributed by atoms with Crippen molar-refractivity contribution in [2.45, 2.75) is 295 Å². The SMILES string of the molecule is CCCCCCC/C=C\C/C=C\C/C=C\CCCCCCCCCCC(=O)OC(COCCCCCCCCCCCC/C=C\CCCCCCCCCC)COC1OC(CO)C(O)C(O)C1O. The van der Waals surface area contributed by atoms with Crippen molar-refractivity contribution in [3.05, 3.63) is 48.6 Å². The monoisotopic (exact) mass is 961 g/mol. The largest absolute Gasteiger partial charge is 0.457 e. The number of carbonyl (C=O) groups is 1. The minimum absolute atomic E-state index is 0.117. The summed E-state index contributed by atoms with van der Waals surface area (Å²) in [5, 5.41) is 40.3. The third kappa shape index (κ3) is 39.8. The topological polar surface area (TPSA) is 135 Å².